The third-order valence-electron chi connectivity index (χ3n) is 5.76. The second-order valence-electron chi connectivity index (χ2n) is 8.00. The number of amides is 1. The number of nitrogens with one attached hydrogen (secondary N) is 2. The number of carbonyl (C=O) groups excluding carboxylic acids is 1. The molecular formula is C24H28N2O3. The van der Waals surface area contributed by atoms with Crippen molar-refractivity contribution >= 4 is 16.9 Å². The van der Waals surface area contributed by atoms with E-state index in [0.717, 1.165) is 29.4 Å². The van der Waals surface area contributed by atoms with Crippen LogP contribution in [0.1, 0.15) is 47.5 Å². The van der Waals surface area contributed by atoms with Gasteiger partial charge in [0.2, 0.25) is 0 Å². The van der Waals surface area contributed by atoms with E-state index < -0.39 is 0 Å². The van der Waals surface area contributed by atoms with E-state index in [9.17, 15) is 4.79 Å². The Balaban J connectivity index is 1.46. The third-order valence-corrected chi connectivity index (χ3v) is 5.76. The van der Waals surface area contributed by atoms with E-state index in [1.54, 1.807) is 0 Å². The molecule has 3 aromatic rings. The first kappa shape index (κ1) is 19.7. The molecule has 1 fully saturated rings. The highest BCUT2D eigenvalue weighted by molar-refractivity contribution is 5.96. The number of fused-ring (bicyclic) bond motifs is 1. The normalized spacial score (nSPS) is 17.2. The number of hydrogen-bond donors (Lipinski definition) is 2. The van der Waals surface area contributed by atoms with E-state index in [1.807, 2.05) is 37.3 Å². The van der Waals surface area contributed by atoms with Crippen molar-refractivity contribution < 1.29 is 13.9 Å². The zero-order chi connectivity index (χ0) is 20.3. The number of rotatable bonds is 6. The van der Waals surface area contributed by atoms with Gasteiger partial charge in [0.1, 0.15) is 5.58 Å². The summed E-state index contributed by atoms with van der Waals surface area (Å²) >= 11 is 0. The maximum atomic E-state index is 12.8. The number of hydrogen-bond acceptors (Lipinski definition) is 4. The van der Waals surface area contributed by atoms with Crippen molar-refractivity contribution in [1.29, 1.82) is 0 Å². The summed E-state index contributed by atoms with van der Waals surface area (Å²) in [5, 5.41) is 7.81. The summed E-state index contributed by atoms with van der Waals surface area (Å²) in [4.78, 5) is 12.8. The Labute approximate surface area is 171 Å². The molecule has 1 aliphatic heterocycles. The van der Waals surface area contributed by atoms with Gasteiger partial charge in [0.05, 0.1) is 0 Å². The van der Waals surface area contributed by atoms with Crippen LogP contribution in [0, 0.1) is 6.92 Å². The molecule has 0 bridgehead atoms. The van der Waals surface area contributed by atoms with Gasteiger partial charge >= 0.3 is 0 Å². The van der Waals surface area contributed by atoms with Crippen molar-refractivity contribution in [2.24, 2.45) is 0 Å². The Morgan fingerprint density at radius 2 is 1.86 bits per heavy atom. The molecule has 1 amide bonds. The van der Waals surface area contributed by atoms with E-state index in [2.05, 4.69) is 41.8 Å². The minimum absolute atomic E-state index is 0.181. The highest BCUT2D eigenvalue weighted by Gasteiger charge is 2.34. The molecular weight excluding hydrogens is 364 g/mol. The quantitative estimate of drug-likeness (QED) is 0.654. The van der Waals surface area contributed by atoms with E-state index in [1.165, 1.54) is 5.56 Å². The second kappa shape index (κ2) is 8.39. The van der Waals surface area contributed by atoms with Crippen LogP contribution in [0.3, 0.4) is 0 Å². The molecule has 0 unspecified atom stereocenters. The lowest BCUT2D eigenvalue weighted by atomic mass is 9.88. The number of aryl methyl sites for hydroxylation is 1. The van der Waals surface area contributed by atoms with Gasteiger partial charge in [-0.15, -0.1) is 0 Å². The molecule has 1 aromatic heterocycles. The highest BCUT2D eigenvalue weighted by atomic mass is 16.5. The van der Waals surface area contributed by atoms with Crippen molar-refractivity contribution in [3.05, 3.63) is 71.5 Å². The molecule has 2 N–H and O–H groups in total. The molecule has 29 heavy (non-hydrogen) atoms. The van der Waals surface area contributed by atoms with Gasteiger partial charge in [-0.2, -0.15) is 0 Å². The van der Waals surface area contributed by atoms with E-state index in [-0.39, 0.29) is 17.5 Å². The Kier molecular flexibility index (Phi) is 5.69. The number of ether oxygens (including phenoxy) is 1. The maximum absolute atomic E-state index is 12.8. The average molecular weight is 392 g/mol. The number of benzene rings is 2. The first-order valence-corrected chi connectivity index (χ1v) is 10.2. The Morgan fingerprint density at radius 1 is 1.10 bits per heavy atom. The van der Waals surface area contributed by atoms with Gasteiger partial charge in [0, 0.05) is 36.7 Å². The fraction of sp³-hybridized carbons (Fsp3) is 0.375. The number of furan rings is 1. The summed E-state index contributed by atoms with van der Waals surface area (Å²) in [6.07, 6.45) is 1.70. The summed E-state index contributed by atoms with van der Waals surface area (Å²) in [5.41, 5.74) is 2.91. The van der Waals surface area contributed by atoms with Crippen LogP contribution in [-0.4, -0.2) is 31.2 Å². The zero-order valence-electron chi connectivity index (χ0n) is 17.0. The molecule has 1 atom stereocenters. The van der Waals surface area contributed by atoms with Gasteiger partial charge in [-0.25, -0.2) is 0 Å². The van der Waals surface area contributed by atoms with Crippen LogP contribution < -0.4 is 10.6 Å². The standard InChI is InChI=1S/C24H28N2O3/c1-17-8-9-21-20(14-17)15-22(29-21)23(27)25-16-24(10-12-28-13-11-24)26-18(2)19-6-4-3-5-7-19/h3-9,14-15,18,26H,10-13,16H2,1-2H3,(H,25,27)/t18-/m1/s1. The van der Waals surface area contributed by atoms with Crippen LogP contribution in [0.15, 0.2) is 59.0 Å². The van der Waals surface area contributed by atoms with Crippen molar-refractivity contribution in [3.8, 4) is 0 Å². The lowest BCUT2D eigenvalue weighted by molar-refractivity contribution is 0.0330. The molecule has 5 nitrogen and oxygen atoms in total. The predicted molar refractivity (Wildman–Crippen MR) is 114 cm³/mol. The van der Waals surface area contributed by atoms with Crippen LogP contribution in [0.5, 0.6) is 0 Å². The fourth-order valence-corrected chi connectivity index (χ4v) is 4.03. The second-order valence-corrected chi connectivity index (χ2v) is 8.00. The molecule has 0 saturated carbocycles. The SMILES string of the molecule is Cc1ccc2oc(C(=O)NCC3(N[C@H](C)c4ccccc4)CCOCC3)cc2c1. The summed E-state index contributed by atoms with van der Waals surface area (Å²) in [6.45, 7) is 6.10. The molecule has 4 rings (SSSR count). The molecule has 1 saturated heterocycles. The van der Waals surface area contributed by atoms with Crippen LogP contribution in [0.4, 0.5) is 0 Å². The number of carbonyl (C=O) groups is 1. The van der Waals surface area contributed by atoms with Gasteiger partial charge in [0.25, 0.3) is 5.91 Å². The lowest BCUT2D eigenvalue weighted by Gasteiger charge is -2.40. The van der Waals surface area contributed by atoms with Gasteiger partial charge in [-0.1, -0.05) is 42.0 Å². The first-order valence-electron chi connectivity index (χ1n) is 10.2. The Hall–Kier alpha value is -2.63. The molecule has 152 valence electrons. The van der Waals surface area contributed by atoms with E-state index in [4.69, 9.17) is 9.15 Å². The van der Waals surface area contributed by atoms with Crippen molar-refractivity contribution in [2.75, 3.05) is 19.8 Å². The van der Waals surface area contributed by atoms with Gasteiger partial charge < -0.3 is 19.8 Å². The molecule has 0 radical (unpaired) electrons. The van der Waals surface area contributed by atoms with Crippen LogP contribution in [-0.2, 0) is 4.74 Å². The zero-order valence-corrected chi connectivity index (χ0v) is 17.0. The minimum Gasteiger partial charge on any atom is -0.451 e. The Bertz CT molecular complexity index is 974. The summed E-state index contributed by atoms with van der Waals surface area (Å²) < 4.78 is 11.3. The molecule has 2 aromatic carbocycles. The smallest absolute Gasteiger partial charge is 0.287 e. The van der Waals surface area contributed by atoms with Crippen molar-refractivity contribution in [1.82, 2.24) is 10.6 Å². The van der Waals surface area contributed by atoms with Gasteiger partial charge in [-0.05, 0) is 50.5 Å². The van der Waals surface area contributed by atoms with Crippen LogP contribution >= 0.6 is 0 Å². The third kappa shape index (κ3) is 4.52. The summed E-state index contributed by atoms with van der Waals surface area (Å²) in [5.74, 6) is 0.169. The average Bonchev–Trinajstić information content (AvgIpc) is 3.17. The van der Waals surface area contributed by atoms with E-state index >= 15 is 0 Å². The van der Waals surface area contributed by atoms with Gasteiger partial charge in [0.15, 0.2) is 5.76 Å². The molecule has 1 aliphatic rings. The summed E-state index contributed by atoms with van der Waals surface area (Å²) in [7, 11) is 0. The highest BCUT2D eigenvalue weighted by Crippen LogP contribution is 2.26. The molecule has 0 spiro atoms. The molecule has 0 aliphatic carbocycles. The van der Waals surface area contributed by atoms with E-state index in [0.29, 0.717) is 25.5 Å². The monoisotopic (exact) mass is 392 g/mol. The van der Waals surface area contributed by atoms with Crippen LogP contribution in [0.25, 0.3) is 11.0 Å². The van der Waals surface area contributed by atoms with Crippen molar-refractivity contribution in [2.45, 2.75) is 38.3 Å². The fourth-order valence-electron chi connectivity index (χ4n) is 4.03. The first-order chi connectivity index (χ1) is 14.0. The topological polar surface area (TPSA) is 63.5 Å². The maximum Gasteiger partial charge on any atom is 0.287 e. The molecule has 5 heteroatoms. The van der Waals surface area contributed by atoms with Crippen LogP contribution in [0.2, 0.25) is 0 Å². The van der Waals surface area contributed by atoms with Gasteiger partial charge in [-0.3, -0.25) is 4.79 Å². The summed E-state index contributed by atoms with van der Waals surface area (Å²) in [6, 6.07) is 18.3. The lowest BCUT2D eigenvalue weighted by Crippen LogP contribution is -2.57. The molecule has 2 heterocycles. The minimum atomic E-state index is -0.203. The Morgan fingerprint density at radius 3 is 2.62 bits per heavy atom. The largest absolute Gasteiger partial charge is 0.451 e. The predicted octanol–water partition coefficient (Wildman–Crippen LogP) is 4.37. The van der Waals surface area contributed by atoms with Crippen molar-refractivity contribution in [3.63, 3.8) is 0 Å².